The molecular formula is C25H31N5O3. The highest BCUT2D eigenvalue weighted by Gasteiger charge is 2.47. The van der Waals surface area contributed by atoms with Crippen molar-refractivity contribution in [2.45, 2.75) is 56.8 Å². The van der Waals surface area contributed by atoms with Crippen molar-refractivity contribution in [2.75, 3.05) is 24.5 Å². The van der Waals surface area contributed by atoms with Crippen LogP contribution in [0, 0.1) is 0 Å². The first-order valence-electron chi connectivity index (χ1n) is 11.7. The van der Waals surface area contributed by atoms with Gasteiger partial charge in [0.05, 0.1) is 11.6 Å². The topological polar surface area (TPSA) is 83.2 Å². The van der Waals surface area contributed by atoms with E-state index in [1.165, 1.54) is 0 Å². The average Bonchev–Trinajstić information content (AvgIpc) is 3.27. The molecule has 1 aromatic carbocycles. The number of cyclic esters (lactones) is 1. The molecule has 4 heterocycles. The smallest absolute Gasteiger partial charge is 0.410 e. The fraction of sp³-hybridized carbons (Fsp3) is 0.480. The van der Waals surface area contributed by atoms with E-state index in [-0.39, 0.29) is 12.1 Å². The second-order valence-electron chi connectivity index (χ2n) is 9.82. The standard InChI is InChI=1S/C25H31N5O3/c1-24(2,32)18-25(19-7-4-3-5-8-19)12-15-29(23(31)33-25)20-9-6-14-28(17-20)22-11-10-21-26-13-16-30(21)27-22/h3-5,7-8,10-11,13,16,20,32H,6,9,12,14-15,17-18H2,1-2H3. The maximum atomic E-state index is 13.3. The summed E-state index contributed by atoms with van der Waals surface area (Å²) < 4.78 is 7.95. The molecule has 5 rings (SSSR count). The number of aliphatic hydroxyl groups is 1. The lowest BCUT2D eigenvalue weighted by molar-refractivity contribution is -0.102. The summed E-state index contributed by atoms with van der Waals surface area (Å²) in [4.78, 5) is 21.7. The Kier molecular flexibility index (Phi) is 5.48. The largest absolute Gasteiger partial charge is 0.438 e. The minimum absolute atomic E-state index is 0.0578. The van der Waals surface area contributed by atoms with Gasteiger partial charge in [-0.15, -0.1) is 5.10 Å². The summed E-state index contributed by atoms with van der Waals surface area (Å²) in [5, 5.41) is 15.3. The highest BCUT2D eigenvalue weighted by atomic mass is 16.6. The number of anilines is 1. The Balaban J connectivity index is 1.34. The van der Waals surface area contributed by atoms with E-state index in [1.54, 1.807) is 24.6 Å². The van der Waals surface area contributed by atoms with E-state index in [0.29, 0.717) is 25.9 Å². The highest BCUT2D eigenvalue weighted by molar-refractivity contribution is 5.70. The molecule has 8 nitrogen and oxygen atoms in total. The van der Waals surface area contributed by atoms with Crippen LogP contribution in [0.4, 0.5) is 10.6 Å². The number of benzene rings is 1. The number of piperidine rings is 1. The van der Waals surface area contributed by atoms with Crippen LogP contribution in [0.25, 0.3) is 5.65 Å². The van der Waals surface area contributed by atoms with Crippen LogP contribution in [0.5, 0.6) is 0 Å². The van der Waals surface area contributed by atoms with Crippen molar-refractivity contribution < 1.29 is 14.6 Å². The van der Waals surface area contributed by atoms with Crippen LogP contribution in [0.2, 0.25) is 0 Å². The molecule has 2 saturated heterocycles. The van der Waals surface area contributed by atoms with Gasteiger partial charge in [-0.05, 0) is 44.4 Å². The maximum Gasteiger partial charge on any atom is 0.410 e. The summed E-state index contributed by atoms with van der Waals surface area (Å²) in [6, 6.07) is 13.8. The Bertz CT molecular complexity index is 1130. The first-order valence-corrected chi connectivity index (χ1v) is 11.7. The number of imidazole rings is 1. The summed E-state index contributed by atoms with van der Waals surface area (Å²) in [6.07, 6.45) is 6.18. The fourth-order valence-electron chi connectivity index (χ4n) is 5.26. The molecule has 1 N–H and O–H groups in total. The lowest BCUT2D eigenvalue weighted by Gasteiger charge is -2.47. The lowest BCUT2D eigenvalue weighted by Crippen LogP contribution is -2.57. The average molecular weight is 450 g/mol. The van der Waals surface area contributed by atoms with Gasteiger partial charge in [-0.3, -0.25) is 0 Å². The van der Waals surface area contributed by atoms with Crippen LogP contribution >= 0.6 is 0 Å². The number of carbonyl (C=O) groups excluding carboxylic acids is 1. The number of ether oxygens (including phenoxy) is 1. The van der Waals surface area contributed by atoms with Gasteiger partial charge in [0.25, 0.3) is 0 Å². The van der Waals surface area contributed by atoms with E-state index >= 15 is 0 Å². The molecule has 1 amide bonds. The molecule has 0 saturated carbocycles. The summed E-state index contributed by atoms with van der Waals surface area (Å²) in [6.45, 7) is 5.74. The van der Waals surface area contributed by atoms with Gasteiger partial charge >= 0.3 is 6.09 Å². The van der Waals surface area contributed by atoms with Crippen LogP contribution in [-0.2, 0) is 10.3 Å². The van der Waals surface area contributed by atoms with Crippen molar-refractivity contribution in [3.05, 3.63) is 60.4 Å². The van der Waals surface area contributed by atoms with Crippen LogP contribution < -0.4 is 4.90 Å². The first-order chi connectivity index (χ1) is 15.8. The van der Waals surface area contributed by atoms with Gasteiger partial charge < -0.3 is 19.6 Å². The second kappa shape index (κ2) is 8.33. The zero-order valence-corrected chi connectivity index (χ0v) is 19.2. The normalized spacial score (nSPS) is 24.2. The molecule has 174 valence electrons. The van der Waals surface area contributed by atoms with Crippen molar-refractivity contribution in [1.29, 1.82) is 0 Å². The van der Waals surface area contributed by atoms with Crippen molar-refractivity contribution in [2.24, 2.45) is 0 Å². The number of fused-ring (bicyclic) bond motifs is 1. The molecule has 2 fully saturated rings. The first kappa shape index (κ1) is 21.7. The molecule has 3 aromatic rings. The van der Waals surface area contributed by atoms with E-state index in [9.17, 15) is 9.90 Å². The number of nitrogens with zero attached hydrogens (tertiary/aromatic N) is 5. The molecule has 0 spiro atoms. The molecule has 0 bridgehead atoms. The van der Waals surface area contributed by atoms with Crippen LogP contribution in [-0.4, -0.2) is 62.0 Å². The Hall–Kier alpha value is -3.13. The Morgan fingerprint density at radius 2 is 2.00 bits per heavy atom. The minimum atomic E-state index is -0.961. The third-order valence-corrected chi connectivity index (χ3v) is 6.69. The number of hydrogen-bond donors (Lipinski definition) is 1. The number of carbonyl (C=O) groups is 1. The Morgan fingerprint density at radius 3 is 2.76 bits per heavy atom. The quantitative estimate of drug-likeness (QED) is 0.641. The summed E-state index contributed by atoms with van der Waals surface area (Å²) >= 11 is 0. The van der Waals surface area contributed by atoms with Crippen molar-refractivity contribution in [3.8, 4) is 0 Å². The van der Waals surface area contributed by atoms with Gasteiger partial charge in [0, 0.05) is 44.9 Å². The maximum absolute atomic E-state index is 13.3. The summed E-state index contributed by atoms with van der Waals surface area (Å²) in [7, 11) is 0. The molecule has 0 aliphatic carbocycles. The van der Waals surface area contributed by atoms with E-state index in [0.717, 1.165) is 36.4 Å². The highest BCUT2D eigenvalue weighted by Crippen LogP contribution is 2.41. The van der Waals surface area contributed by atoms with E-state index in [4.69, 9.17) is 4.74 Å². The third-order valence-electron chi connectivity index (χ3n) is 6.69. The van der Waals surface area contributed by atoms with E-state index in [1.807, 2.05) is 53.6 Å². The molecule has 8 heteroatoms. The van der Waals surface area contributed by atoms with E-state index in [2.05, 4.69) is 15.0 Å². The van der Waals surface area contributed by atoms with Crippen molar-refractivity contribution in [3.63, 3.8) is 0 Å². The van der Waals surface area contributed by atoms with E-state index < -0.39 is 11.2 Å². The molecule has 2 aliphatic rings. The van der Waals surface area contributed by atoms with Gasteiger partial charge in [-0.25, -0.2) is 14.3 Å². The molecule has 0 radical (unpaired) electrons. The van der Waals surface area contributed by atoms with Gasteiger partial charge in [0.2, 0.25) is 0 Å². The number of hydrogen-bond acceptors (Lipinski definition) is 6. The van der Waals surface area contributed by atoms with Crippen LogP contribution in [0.1, 0.15) is 45.1 Å². The molecule has 2 aliphatic heterocycles. The predicted molar refractivity (Wildman–Crippen MR) is 125 cm³/mol. The number of amides is 1. The minimum Gasteiger partial charge on any atom is -0.438 e. The second-order valence-corrected chi connectivity index (χ2v) is 9.82. The summed E-state index contributed by atoms with van der Waals surface area (Å²) in [5.41, 5.74) is -0.0354. The summed E-state index contributed by atoms with van der Waals surface area (Å²) in [5.74, 6) is 0.885. The zero-order valence-electron chi connectivity index (χ0n) is 19.2. The third kappa shape index (κ3) is 4.39. The zero-order chi connectivity index (χ0) is 23.1. The molecule has 2 aromatic heterocycles. The Morgan fingerprint density at radius 1 is 1.18 bits per heavy atom. The SMILES string of the molecule is CC(C)(O)CC1(c2ccccc2)CCN(C2CCCN(c3ccc4nccn4n3)C2)C(=O)O1. The van der Waals surface area contributed by atoms with Gasteiger partial charge in [0.15, 0.2) is 5.65 Å². The lowest BCUT2D eigenvalue weighted by atomic mass is 9.80. The molecular weight excluding hydrogens is 418 g/mol. The number of aromatic nitrogens is 3. The van der Waals surface area contributed by atoms with Gasteiger partial charge in [-0.2, -0.15) is 0 Å². The van der Waals surface area contributed by atoms with Gasteiger partial charge in [-0.1, -0.05) is 30.3 Å². The van der Waals surface area contributed by atoms with Crippen molar-refractivity contribution >= 4 is 17.6 Å². The van der Waals surface area contributed by atoms with Crippen molar-refractivity contribution in [1.82, 2.24) is 19.5 Å². The number of rotatable bonds is 5. The predicted octanol–water partition coefficient (Wildman–Crippen LogP) is 3.60. The molecule has 33 heavy (non-hydrogen) atoms. The molecule has 2 unspecified atom stereocenters. The monoisotopic (exact) mass is 449 g/mol. The Labute approximate surface area is 193 Å². The van der Waals surface area contributed by atoms with Crippen LogP contribution in [0.15, 0.2) is 54.9 Å². The van der Waals surface area contributed by atoms with Crippen LogP contribution in [0.3, 0.4) is 0 Å². The molecule has 2 atom stereocenters. The fourth-order valence-corrected chi connectivity index (χ4v) is 5.26. The van der Waals surface area contributed by atoms with Gasteiger partial charge in [0.1, 0.15) is 11.4 Å².